The summed E-state index contributed by atoms with van der Waals surface area (Å²) in [5, 5.41) is 0. The fourth-order valence-corrected chi connectivity index (χ4v) is 2.12. The summed E-state index contributed by atoms with van der Waals surface area (Å²) in [5.74, 6) is 0.360. The van der Waals surface area contributed by atoms with Crippen molar-refractivity contribution in [3.8, 4) is 17.2 Å². The molecular formula is C21H20O7. The number of ether oxygens (including phenoxy) is 4. The average molecular weight is 384 g/mol. The highest BCUT2D eigenvalue weighted by Crippen LogP contribution is 2.19. The van der Waals surface area contributed by atoms with Crippen molar-refractivity contribution in [1.29, 1.82) is 0 Å². The quantitative estimate of drug-likeness (QED) is 0.193. The highest BCUT2D eigenvalue weighted by Gasteiger charge is 2.09. The van der Waals surface area contributed by atoms with Crippen LogP contribution in [0.1, 0.15) is 23.2 Å². The van der Waals surface area contributed by atoms with Gasteiger partial charge in [0, 0.05) is 6.08 Å². The van der Waals surface area contributed by atoms with Crippen molar-refractivity contribution >= 4 is 18.4 Å². The summed E-state index contributed by atoms with van der Waals surface area (Å²) in [4.78, 5) is 33.3. The Morgan fingerprint density at radius 2 is 1.46 bits per heavy atom. The molecular weight excluding hydrogens is 364 g/mol. The second kappa shape index (κ2) is 11.2. The van der Waals surface area contributed by atoms with Gasteiger partial charge in [-0.3, -0.25) is 4.79 Å². The van der Waals surface area contributed by atoms with Gasteiger partial charge in [0.15, 0.2) is 0 Å². The summed E-state index contributed by atoms with van der Waals surface area (Å²) in [7, 11) is 0. The number of rotatable bonds is 11. The van der Waals surface area contributed by atoms with Crippen molar-refractivity contribution < 1.29 is 33.3 Å². The molecule has 0 atom stereocenters. The predicted octanol–water partition coefficient (Wildman–Crippen LogP) is 3.33. The van der Waals surface area contributed by atoms with Crippen LogP contribution in [0.2, 0.25) is 0 Å². The Labute approximate surface area is 162 Å². The van der Waals surface area contributed by atoms with Crippen molar-refractivity contribution in [3.05, 3.63) is 66.7 Å². The van der Waals surface area contributed by atoms with Gasteiger partial charge < -0.3 is 18.9 Å². The maximum absolute atomic E-state index is 12.1. The monoisotopic (exact) mass is 384 g/mol. The zero-order valence-corrected chi connectivity index (χ0v) is 15.2. The van der Waals surface area contributed by atoms with Crippen molar-refractivity contribution in [2.75, 3.05) is 13.2 Å². The first-order valence-corrected chi connectivity index (χ1v) is 8.57. The first kappa shape index (κ1) is 20.7. The number of carbonyl (C=O) groups excluding carboxylic acids is 3. The number of hydrogen-bond acceptors (Lipinski definition) is 7. The second-order valence-electron chi connectivity index (χ2n) is 5.53. The van der Waals surface area contributed by atoms with Crippen LogP contribution >= 0.6 is 0 Å². The molecule has 0 radical (unpaired) electrons. The van der Waals surface area contributed by atoms with Crippen LogP contribution in [0.15, 0.2) is 61.2 Å². The molecule has 0 saturated heterocycles. The van der Waals surface area contributed by atoms with Crippen LogP contribution in [-0.2, 0) is 14.3 Å². The lowest BCUT2D eigenvalue weighted by molar-refractivity contribution is -0.137. The third kappa shape index (κ3) is 6.95. The molecule has 7 heteroatoms. The first-order chi connectivity index (χ1) is 13.6. The van der Waals surface area contributed by atoms with Gasteiger partial charge >= 0.3 is 11.9 Å². The molecule has 146 valence electrons. The van der Waals surface area contributed by atoms with E-state index in [4.69, 9.17) is 14.2 Å². The predicted molar refractivity (Wildman–Crippen MR) is 100 cm³/mol. The molecule has 0 saturated carbocycles. The molecule has 0 unspecified atom stereocenters. The van der Waals surface area contributed by atoms with Gasteiger partial charge in [-0.25, -0.2) is 9.59 Å². The van der Waals surface area contributed by atoms with E-state index in [-0.39, 0.29) is 0 Å². The van der Waals surface area contributed by atoms with E-state index in [1.807, 2.05) is 0 Å². The molecule has 0 heterocycles. The third-order valence-electron chi connectivity index (χ3n) is 3.53. The fraction of sp³-hybridized carbons (Fsp3) is 0.190. The summed E-state index contributed by atoms with van der Waals surface area (Å²) >= 11 is 0. The first-order valence-electron chi connectivity index (χ1n) is 8.57. The molecule has 2 aromatic rings. The van der Waals surface area contributed by atoms with Crippen molar-refractivity contribution in [2.45, 2.75) is 12.8 Å². The van der Waals surface area contributed by atoms with Gasteiger partial charge in [-0.1, -0.05) is 6.58 Å². The summed E-state index contributed by atoms with van der Waals surface area (Å²) in [6.07, 6.45) is 2.53. The van der Waals surface area contributed by atoms with Crippen LogP contribution in [0.4, 0.5) is 0 Å². The van der Waals surface area contributed by atoms with Crippen molar-refractivity contribution in [1.82, 2.24) is 0 Å². The summed E-state index contributed by atoms with van der Waals surface area (Å²) in [5.41, 5.74) is 0.372. The Bertz CT molecular complexity index is 795. The topological polar surface area (TPSA) is 88.1 Å². The van der Waals surface area contributed by atoms with Gasteiger partial charge in [-0.05, 0) is 61.4 Å². The van der Waals surface area contributed by atoms with Gasteiger partial charge in [0.2, 0.25) is 0 Å². The van der Waals surface area contributed by atoms with Crippen LogP contribution in [0, 0.1) is 0 Å². The van der Waals surface area contributed by atoms with Gasteiger partial charge in [0.25, 0.3) is 6.47 Å². The number of benzene rings is 2. The lowest BCUT2D eigenvalue weighted by Crippen LogP contribution is -2.08. The Balaban J connectivity index is 1.75. The third-order valence-corrected chi connectivity index (χ3v) is 3.53. The Morgan fingerprint density at radius 1 is 0.857 bits per heavy atom. The second-order valence-corrected chi connectivity index (χ2v) is 5.53. The van der Waals surface area contributed by atoms with E-state index in [1.54, 1.807) is 24.3 Å². The highest BCUT2D eigenvalue weighted by atomic mass is 16.5. The molecule has 0 aliphatic heterocycles. The minimum atomic E-state index is -0.514. The number of unbranched alkanes of at least 4 members (excludes halogenated alkanes) is 1. The molecule has 0 aromatic heterocycles. The van der Waals surface area contributed by atoms with Gasteiger partial charge in [-0.2, -0.15) is 0 Å². The van der Waals surface area contributed by atoms with Crippen molar-refractivity contribution in [2.24, 2.45) is 0 Å². The Morgan fingerprint density at radius 3 is 2.11 bits per heavy atom. The molecule has 0 fully saturated rings. The molecule has 0 aliphatic carbocycles. The van der Waals surface area contributed by atoms with Crippen LogP contribution in [0.3, 0.4) is 0 Å². The largest absolute Gasteiger partial charge is 0.494 e. The van der Waals surface area contributed by atoms with Crippen molar-refractivity contribution in [3.63, 3.8) is 0 Å². The molecule has 28 heavy (non-hydrogen) atoms. The van der Waals surface area contributed by atoms with Crippen LogP contribution in [0.25, 0.3) is 0 Å². The lowest BCUT2D eigenvalue weighted by atomic mass is 10.2. The zero-order chi connectivity index (χ0) is 20.2. The van der Waals surface area contributed by atoms with Crippen LogP contribution in [0.5, 0.6) is 17.2 Å². The molecule has 2 aromatic carbocycles. The maximum Gasteiger partial charge on any atom is 0.343 e. The Kier molecular flexibility index (Phi) is 8.26. The van der Waals surface area contributed by atoms with E-state index < -0.39 is 11.9 Å². The summed E-state index contributed by atoms with van der Waals surface area (Å²) in [6, 6.07) is 12.7. The van der Waals surface area contributed by atoms with Gasteiger partial charge in [0.05, 0.1) is 18.8 Å². The zero-order valence-electron chi connectivity index (χ0n) is 15.2. The van der Waals surface area contributed by atoms with E-state index in [9.17, 15) is 14.4 Å². The molecule has 7 nitrogen and oxygen atoms in total. The standard InChI is InChI=1S/C21H20O7/c1-2-20(23)26-14-4-3-13-25-17-7-5-16(6-8-17)21(24)28-19-11-9-18(10-12-19)27-15-22/h2,5-12,15H,1,3-4,13-14H2. The van der Waals surface area contributed by atoms with Gasteiger partial charge in [0.1, 0.15) is 17.2 Å². The minimum absolute atomic E-state index is 0.321. The number of hydrogen-bond donors (Lipinski definition) is 0. The average Bonchev–Trinajstić information content (AvgIpc) is 2.72. The van der Waals surface area contributed by atoms with Crippen LogP contribution in [-0.4, -0.2) is 31.6 Å². The summed E-state index contributed by atoms with van der Waals surface area (Å²) < 4.78 is 20.4. The normalized spacial score (nSPS) is 9.86. The molecule has 0 N–H and O–H groups in total. The number of carbonyl (C=O) groups is 3. The highest BCUT2D eigenvalue weighted by molar-refractivity contribution is 5.91. The lowest BCUT2D eigenvalue weighted by Gasteiger charge is -2.08. The van der Waals surface area contributed by atoms with E-state index in [0.29, 0.717) is 48.9 Å². The Hall–Kier alpha value is -3.61. The molecule has 2 rings (SSSR count). The van der Waals surface area contributed by atoms with E-state index in [0.717, 1.165) is 12.5 Å². The van der Waals surface area contributed by atoms with Gasteiger partial charge in [-0.15, -0.1) is 0 Å². The summed E-state index contributed by atoms with van der Waals surface area (Å²) in [6.45, 7) is 4.42. The molecule has 0 aliphatic rings. The maximum atomic E-state index is 12.1. The number of esters is 2. The SMILES string of the molecule is C=CC(=O)OCCCCOc1ccc(C(=O)Oc2ccc(OC=O)cc2)cc1. The van der Waals surface area contributed by atoms with E-state index >= 15 is 0 Å². The van der Waals surface area contributed by atoms with E-state index in [1.165, 1.54) is 24.3 Å². The van der Waals surface area contributed by atoms with Crippen LogP contribution < -0.4 is 14.2 Å². The molecule has 0 bridgehead atoms. The molecule has 0 spiro atoms. The smallest absolute Gasteiger partial charge is 0.343 e. The fourth-order valence-electron chi connectivity index (χ4n) is 2.12. The minimum Gasteiger partial charge on any atom is -0.494 e. The van der Waals surface area contributed by atoms with E-state index in [2.05, 4.69) is 11.3 Å². The molecule has 0 amide bonds.